The van der Waals surface area contributed by atoms with Crippen molar-refractivity contribution >= 4 is 5.91 Å². The number of ether oxygens (including phenoxy) is 1. The van der Waals surface area contributed by atoms with Crippen LogP contribution in [-0.2, 0) is 0 Å². The quantitative estimate of drug-likeness (QED) is 0.545. The first-order valence-corrected chi connectivity index (χ1v) is 10.2. The minimum Gasteiger partial charge on any atom is -0.497 e. The molecule has 0 saturated heterocycles. The molecule has 0 aliphatic carbocycles. The van der Waals surface area contributed by atoms with Gasteiger partial charge in [0.15, 0.2) is 5.82 Å². The van der Waals surface area contributed by atoms with E-state index < -0.39 is 0 Å². The van der Waals surface area contributed by atoms with Crippen LogP contribution in [0.4, 0.5) is 0 Å². The third kappa shape index (κ3) is 5.00. The van der Waals surface area contributed by atoms with Gasteiger partial charge in [0.1, 0.15) is 5.75 Å². The molecule has 3 aromatic rings. The third-order valence-electron chi connectivity index (χ3n) is 5.32. The van der Waals surface area contributed by atoms with E-state index in [0.29, 0.717) is 23.6 Å². The molecule has 1 aromatic carbocycles. The number of nitrogens with one attached hydrogen (secondary N) is 2. The van der Waals surface area contributed by atoms with Crippen LogP contribution in [0.25, 0.3) is 5.82 Å². The van der Waals surface area contributed by atoms with E-state index in [1.165, 1.54) is 16.9 Å². The van der Waals surface area contributed by atoms with E-state index in [1.54, 1.807) is 20.1 Å². The van der Waals surface area contributed by atoms with E-state index in [1.807, 2.05) is 24.3 Å². The van der Waals surface area contributed by atoms with Gasteiger partial charge in [0.05, 0.1) is 30.6 Å². The second-order valence-electron chi connectivity index (χ2n) is 7.06. The second-order valence-corrected chi connectivity index (χ2v) is 7.06. The van der Waals surface area contributed by atoms with E-state index >= 15 is 0 Å². The Morgan fingerprint density at radius 2 is 2.03 bits per heavy atom. The zero-order valence-corrected chi connectivity index (χ0v) is 18.3. The number of likely N-dealkylation sites (N-methyl/N-ethyl adjacent to an activating group) is 1. The number of aromatic nitrogens is 4. The third-order valence-corrected chi connectivity index (χ3v) is 5.32. The van der Waals surface area contributed by atoms with Crippen LogP contribution >= 0.6 is 0 Å². The number of carbonyl (C=O) groups excluding carboxylic acids is 1. The number of rotatable bonds is 9. The van der Waals surface area contributed by atoms with E-state index in [-0.39, 0.29) is 17.5 Å². The monoisotopic (exact) mass is 424 g/mol. The normalized spacial score (nSPS) is 12.0. The Morgan fingerprint density at radius 1 is 1.26 bits per heavy atom. The van der Waals surface area contributed by atoms with Gasteiger partial charge in [-0.3, -0.25) is 14.5 Å². The summed E-state index contributed by atoms with van der Waals surface area (Å²) in [5, 5.41) is 13.6. The van der Waals surface area contributed by atoms with Gasteiger partial charge in [0.2, 0.25) is 0 Å². The number of H-pyrrole nitrogens is 1. The standard InChI is InChI=1S/C22H28N6O3/c1-5-27(6-2)19(16-8-7-9-17(12-16)31-4)14-23-22(30)18-13-24-28(15(18)3)20-10-11-21(29)26-25-20/h7-13,19H,5-6,14H2,1-4H3,(H,23,30)(H,26,29). The van der Waals surface area contributed by atoms with Crippen molar-refractivity contribution in [3.05, 3.63) is 69.8 Å². The van der Waals surface area contributed by atoms with Crippen molar-refractivity contribution in [2.75, 3.05) is 26.7 Å². The molecule has 0 spiro atoms. The first-order valence-electron chi connectivity index (χ1n) is 10.2. The van der Waals surface area contributed by atoms with Gasteiger partial charge in [-0.05, 0) is 43.8 Å². The summed E-state index contributed by atoms with van der Waals surface area (Å²) in [5.74, 6) is 1.01. The smallest absolute Gasteiger partial charge is 0.264 e. The van der Waals surface area contributed by atoms with Crippen LogP contribution in [-0.4, -0.2) is 57.5 Å². The maximum absolute atomic E-state index is 12.9. The van der Waals surface area contributed by atoms with Gasteiger partial charge >= 0.3 is 0 Å². The van der Waals surface area contributed by atoms with Crippen LogP contribution in [0.1, 0.15) is 41.5 Å². The van der Waals surface area contributed by atoms with Gasteiger partial charge in [-0.25, -0.2) is 9.78 Å². The molecule has 2 N–H and O–H groups in total. The predicted molar refractivity (Wildman–Crippen MR) is 118 cm³/mol. The van der Waals surface area contributed by atoms with Gasteiger partial charge in [-0.15, -0.1) is 0 Å². The van der Waals surface area contributed by atoms with Gasteiger partial charge < -0.3 is 10.1 Å². The summed E-state index contributed by atoms with van der Waals surface area (Å²) < 4.78 is 6.89. The van der Waals surface area contributed by atoms with E-state index in [0.717, 1.165) is 24.4 Å². The van der Waals surface area contributed by atoms with Crippen molar-refractivity contribution in [2.45, 2.75) is 26.8 Å². The molecule has 3 rings (SSSR count). The Hall–Kier alpha value is -3.46. The van der Waals surface area contributed by atoms with Crippen LogP contribution < -0.4 is 15.6 Å². The lowest BCUT2D eigenvalue weighted by Crippen LogP contribution is -2.38. The molecule has 31 heavy (non-hydrogen) atoms. The fourth-order valence-electron chi connectivity index (χ4n) is 3.57. The second kappa shape index (κ2) is 10.0. The van der Waals surface area contributed by atoms with Crippen LogP contribution in [0.15, 0.2) is 47.4 Å². The Balaban J connectivity index is 1.79. The number of amides is 1. The van der Waals surface area contributed by atoms with Crippen LogP contribution in [0.2, 0.25) is 0 Å². The van der Waals surface area contributed by atoms with Crippen molar-refractivity contribution < 1.29 is 9.53 Å². The van der Waals surface area contributed by atoms with Gasteiger partial charge in [0.25, 0.3) is 11.5 Å². The Morgan fingerprint density at radius 3 is 2.68 bits per heavy atom. The highest BCUT2D eigenvalue weighted by Gasteiger charge is 2.21. The lowest BCUT2D eigenvalue weighted by atomic mass is 10.0. The maximum Gasteiger partial charge on any atom is 0.264 e. The molecule has 0 fully saturated rings. The molecule has 2 aromatic heterocycles. The number of hydrogen-bond acceptors (Lipinski definition) is 6. The minimum absolute atomic E-state index is 0.00488. The first kappa shape index (κ1) is 22.2. The molecule has 1 atom stereocenters. The summed E-state index contributed by atoms with van der Waals surface area (Å²) in [7, 11) is 1.64. The highest BCUT2D eigenvalue weighted by molar-refractivity contribution is 5.95. The number of carbonyl (C=O) groups is 1. The molecule has 1 unspecified atom stereocenters. The SMILES string of the molecule is CCN(CC)C(CNC(=O)c1cnn(-c2ccc(=O)[nH]n2)c1C)c1cccc(OC)c1. The van der Waals surface area contributed by atoms with Gasteiger partial charge in [0, 0.05) is 12.6 Å². The average Bonchev–Trinajstić information content (AvgIpc) is 3.18. The number of methoxy groups -OCH3 is 1. The highest BCUT2D eigenvalue weighted by atomic mass is 16.5. The lowest BCUT2D eigenvalue weighted by Gasteiger charge is -2.30. The van der Waals surface area contributed by atoms with Crippen LogP contribution in [0.5, 0.6) is 5.75 Å². The molecule has 0 aliphatic rings. The number of hydrogen-bond donors (Lipinski definition) is 2. The fraction of sp³-hybridized carbons (Fsp3) is 0.364. The largest absolute Gasteiger partial charge is 0.497 e. The molecule has 164 valence electrons. The summed E-state index contributed by atoms with van der Waals surface area (Å²) in [6.07, 6.45) is 1.51. The van der Waals surface area contributed by atoms with Crippen molar-refractivity contribution in [2.24, 2.45) is 0 Å². The summed E-state index contributed by atoms with van der Waals surface area (Å²) in [4.78, 5) is 26.5. The molecule has 1 amide bonds. The summed E-state index contributed by atoms with van der Waals surface area (Å²) in [6, 6.07) is 10.8. The summed E-state index contributed by atoms with van der Waals surface area (Å²) in [6.45, 7) is 8.13. The molecule has 9 nitrogen and oxygen atoms in total. The zero-order valence-electron chi connectivity index (χ0n) is 18.3. The Kier molecular flexibility index (Phi) is 7.19. The molecule has 0 bridgehead atoms. The molecular formula is C22H28N6O3. The number of nitrogens with zero attached hydrogens (tertiary/aromatic N) is 4. The maximum atomic E-state index is 12.9. The van der Waals surface area contributed by atoms with Crippen molar-refractivity contribution in [1.29, 1.82) is 0 Å². The lowest BCUT2D eigenvalue weighted by molar-refractivity contribution is 0.0934. The van der Waals surface area contributed by atoms with Crippen molar-refractivity contribution in [3.63, 3.8) is 0 Å². The van der Waals surface area contributed by atoms with Crippen molar-refractivity contribution in [1.82, 2.24) is 30.2 Å². The van der Waals surface area contributed by atoms with E-state index in [4.69, 9.17) is 4.74 Å². The molecule has 0 aliphatic heterocycles. The minimum atomic E-state index is -0.300. The highest BCUT2D eigenvalue weighted by Crippen LogP contribution is 2.24. The molecular weight excluding hydrogens is 396 g/mol. The average molecular weight is 425 g/mol. The van der Waals surface area contributed by atoms with Crippen LogP contribution in [0, 0.1) is 6.92 Å². The predicted octanol–water partition coefficient (Wildman–Crippen LogP) is 2.09. The van der Waals surface area contributed by atoms with E-state index in [9.17, 15) is 9.59 Å². The summed E-state index contributed by atoms with van der Waals surface area (Å²) in [5.41, 5.74) is 1.87. The van der Waals surface area contributed by atoms with Gasteiger partial charge in [-0.2, -0.15) is 10.2 Å². The topological polar surface area (TPSA) is 105 Å². The van der Waals surface area contributed by atoms with Crippen molar-refractivity contribution in [3.8, 4) is 11.6 Å². The number of benzene rings is 1. The van der Waals surface area contributed by atoms with E-state index in [2.05, 4.69) is 39.4 Å². The fourth-order valence-corrected chi connectivity index (χ4v) is 3.57. The summed E-state index contributed by atoms with van der Waals surface area (Å²) >= 11 is 0. The van der Waals surface area contributed by atoms with Crippen LogP contribution in [0.3, 0.4) is 0 Å². The first-order chi connectivity index (χ1) is 15.0. The molecule has 2 heterocycles. The zero-order chi connectivity index (χ0) is 22.4. The molecule has 0 radical (unpaired) electrons. The Bertz CT molecular complexity index is 1070. The number of aromatic amines is 1. The van der Waals surface area contributed by atoms with Gasteiger partial charge in [-0.1, -0.05) is 26.0 Å². The molecule has 9 heteroatoms. The Labute approximate surface area is 181 Å². The molecule has 0 saturated carbocycles.